The van der Waals surface area contributed by atoms with Gasteiger partial charge in [-0.05, 0) is 25.0 Å². The Morgan fingerprint density at radius 2 is 2.21 bits per heavy atom. The van der Waals surface area contributed by atoms with E-state index in [0.29, 0.717) is 6.54 Å². The van der Waals surface area contributed by atoms with Gasteiger partial charge in [0.1, 0.15) is 0 Å². The first-order valence-corrected chi connectivity index (χ1v) is 6.53. The maximum atomic E-state index is 8.97. The molecule has 0 saturated heterocycles. The van der Waals surface area contributed by atoms with E-state index in [4.69, 9.17) is 10.4 Å². The average molecular weight is 257 g/mol. The zero-order valence-electron chi connectivity index (χ0n) is 11.1. The van der Waals surface area contributed by atoms with Gasteiger partial charge in [0.25, 0.3) is 0 Å². The molecule has 0 bridgehead atoms. The highest BCUT2D eigenvalue weighted by molar-refractivity contribution is 5.83. The van der Waals surface area contributed by atoms with Crippen LogP contribution in [0.25, 0.3) is 10.9 Å². The molecule has 0 aliphatic heterocycles. The number of para-hydroxylation sites is 1. The van der Waals surface area contributed by atoms with Crippen LogP contribution in [0.4, 0.5) is 0 Å². The molecule has 0 radical (unpaired) electrons. The fourth-order valence-corrected chi connectivity index (χ4v) is 2.20. The van der Waals surface area contributed by atoms with Crippen molar-refractivity contribution in [3.8, 4) is 6.07 Å². The molecule has 2 atom stereocenters. The summed E-state index contributed by atoms with van der Waals surface area (Å²) in [5.74, 6) is -0.328. The number of aliphatic hydroxyl groups is 1. The molecule has 0 amide bonds. The lowest BCUT2D eigenvalue weighted by molar-refractivity contribution is 0.249. The standard InChI is InChI=1S/C15H19N3O/c1-11(17-8-12(7-16)10-19)6-13-9-18-15-5-3-2-4-14(13)15/h2-5,9,11-12,17-19H,6,8,10H2,1H3/t11-,12?/m1/s1. The quantitative estimate of drug-likeness (QED) is 0.739. The van der Waals surface area contributed by atoms with Gasteiger partial charge >= 0.3 is 0 Å². The minimum absolute atomic E-state index is 0.0939. The number of aliphatic hydroxyl groups excluding tert-OH is 1. The number of aromatic nitrogens is 1. The third kappa shape index (κ3) is 3.34. The molecule has 4 heteroatoms. The highest BCUT2D eigenvalue weighted by atomic mass is 16.3. The topological polar surface area (TPSA) is 71.8 Å². The molecule has 0 saturated carbocycles. The summed E-state index contributed by atoms with van der Waals surface area (Å²) in [5.41, 5.74) is 2.42. The van der Waals surface area contributed by atoms with Crippen molar-refractivity contribution in [1.82, 2.24) is 10.3 Å². The first kappa shape index (κ1) is 13.6. The van der Waals surface area contributed by atoms with E-state index in [0.717, 1.165) is 11.9 Å². The monoisotopic (exact) mass is 257 g/mol. The second-order valence-corrected chi connectivity index (χ2v) is 4.88. The number of nitriles is 1. The van der Waals surface area contributed by atoms with Crippen LogP contribution in [-0.2, 0) is 6.42 Å². The second-order valence-electron chi connectivity index (χ2n) is 4.88. The summed E-state index contributed by atoms with van der Waals surface area (Å²) in [6.07, 6.45) is 2.93. The molecule has 1 aromatic heterocycles. The van der Waals surface area contributed by atoms with Crippen LogP contribution in [0.1, 0.15) is 12.5 Å². The summed E-state index contributed by atoms with van der Waals surface area (Å²) in [7, 11) is 0. The van der Waals surface area contributed by atoms with Gasteiger partial charge in [-0.3, -0.25) is 0 Å². The molecule has 1 unspecified atom stereocenters. The van der Waals surface area contributed by atoms with Crippen LogP contribution in [0.2, 0.25) is 0 Å². The molecule has 4 nitrogen and oxygen atoms in total. The number of fused-ring (bicyclic) bond motifs is 1. The van der Waals surface area contributed by atoms with E-state index in [2.05, 4.69) is 35.4 Å². The smallest absolute Gasteiger partial charge is 0.0818 e. The van der Waals surface area contributed by atoms with Gasteiger partial charge < -0.3 is 15.4 Å². The maximum absolute atomic E-state index is 8.97. The van der Waals surface area contributed by atoms with Crippen molar-refractivity contribution in [2.45, 2.75) is 19.4 Å². The van der Waals surface area contributed by atoms with Crippen molar-refractivity contribution in [2.24, 2.45) is 5.92 Å². The van der Waals surface area contributed by atoms with Crippen LogP contribution in [-0.4, -0.2) is 29.3 Å². The SMILES string of the molecule is C[C@H](Cc1c[nH]c2ccccc12)NCC(C#N)CO. The number of benzene rings is 1. The summed E-state index contributed by atoms with van der Waals surface area (Å²) < 4.78 is 0. The molecule has 0 fully saturated rings. The first-order chi connectivity index (χ1) is 9.24. The number of nitrogens with zero attached hydrogens (tertiary/aromatic N) is 1. The van der Waals surface area contributed by atoms with Crippen LogP contribution in [0, 0.1) is 17.2 Å². The number of aromatic amines is 1. The van der Waals surface area contributed by atoms with Crippen LogP contribution in [0.3, 0.4) is 0 Å². The first-order valence-electron chi connectivity index (χ1n) is 6.53. The minimum Gasteiger partial charge on any atom is -0.395 e. The fraction of sp³-hybridized carbons (Fsp3) is 0.400. The Morgan fingerprint density at radius 3 is 2.95 bits per heavy atom. The molecule has 3 N–H and O–H groups in total. The molecule has 0 aliphatic rings. The second kappa shape index (κ2) is 6.37. The van der Waals surface area contributed by atoms with E-state index >= 15 is 0 Å². The zero-order valence-corrected chi connectivity index (χ0v) is 11.1. The fourth-order valence-electron chi connectivity index (χ4n) is 2.20. The average Bonchev–Trinajstić information content (AvgIpc) is 2.83. The molecule has 1 aromatic carbocycles. The Bertz CT molecular complexity index is 570. The molecule has 100 valence electrons. The Hall–Kier alpha value is -1.83. The Balaban J connectivity index is 1.95. The number of H-pyrrole nitrogens is 1. The summed E-state index contributed by atoms with van der Waals surface area (Å²) in [6.45, 7) is 2.52. The van der Waals surface area contributed by atoms with Crippen LogP contribution >= 0.6 is 0 Å². The highest BCUT2D eigenvalue weighted by Gasteiger charge is 2.10. The summed E-state index contributed by atoms with van der Waals surface area (Å²) >= 11 is 0. The molecule has 2 aromatic rings. The molecular formula is C15H19N3O. The number of rotatable bonds is 6. The van der Waals surface area contributed by atoms with Gasteiger partial charge in [0.05, 0.1) is 18.6 Å². The predicted molar refractivity (Wildman–Crippen MR) is 75.7 cm³/mol. The molecule has 19 heavy (non-hydrogen) atoms. The number of nitrogens with one attached hydrogen (secondary N) is 2. The van der Waals surface area contributed by atoms with Gasteiger partial charge in [-0.15, -0.1) is 0 Å². The summed E-state index contributed by atoms with van der Waals surface area (Å²) in [5, 5.41) is 22.3. The van der Waals surface area contributed by atoms with Crippen molar-refractivity contribution in [2.75, 3.05) is 13.2 Å². The lowest BCUT2D eigenvalue weighted by Gasteiger charge is -2.15. The highest BCUT2D eigenvalue weighted by Crippen LogP contribution is 2.18. The van der Waals surface area contributed by atoms with E-state index in [1.165, 1.54) is 10.9 Å². The minimum atomic E-state index is -0.328. The lowest BCUT2D eigenvalue weighted by atomic mass is 10.1. The van der Waals surface area contributed by atoms with E-state index < -0.39 is 0 Å². The largest absolute Gasteiger partial charge is 0.395 e. The van der Waals surface area contributed by atoms with E-state index in [-0.39, 0.29) is 18.6 Å². The van der Waals surface area contributed by atoms with E-state index in [1.807, 2.05) is 18.3 Å². The molecule has 1 heterocycles. The third-order valence-corrected chi connectivity index (χ3v) is 3.32. The third-order valence-electron chi connectivity index (χ3n) is 3.32. The number of hydrogen-bond acceptors (Lipinski definition) is 3. The summed E-state index contributed by atoms with van der Waals surface area (Å²) in [4.78, 5) is 3.26. The Morgan fingerprint density at radius 1 is 1.42 bits per heavy atom. The van der Waals surface area contributed by atoms with Crippen LogP contribution in [0.15, 0.2) is 30.5 Å². The van der Waals surface area contributed by atoms with Gasteiger partial charge in [-0.1, -0.05) is 18.2 Å². The van der Waals surface area contributed by atoms with Gasteiger partial charge in [-0.25, -0.2) is 0 Å². The lowest BCUT2D eigenvalue weighted by Crippen LogP contribution is -2.33. The van der Waals surface area contributed by atoms with E-state index in [9.17, 15) is 0 Å². The molecule has 0 spiro atoms. The van der Waals surface area contributed by atoms with E-state index in [1.54, 1.807) is 0 Å². The van der Waals surface area contributed by atoms with Crippen molar-refractivity contribution in [3.05, 3.63) is 36.0 Å². The summed E-state index contributed by atoms with van der Waals surface area (Å²) in [6, 6.07) is 10.6. The van der Waals surface area contributed by atoms with Crippen molar-refractivity contribution < 1.29 is 5.11 Å². The van der Waals surface area contributed by atoms with Crippen molar-refractivity contribution in [3.63, 3.8) is 0 Å². The zero-order chi connectivity index (χ0) is 13.7. The molecular weight excluding hydrogens is 238 g/mol. The van der Waals surface area contributed by atoms with Crippen LogP contribution in [0.5, 0.6) is 0 Å². The maximum Gasteiger partial charge on any atom is 0.0818 e. The Kier molecular flexibility index (Phi) is 4.56. The molecule has 2 rings (SSSR count). The van der Waals surface area contributed by atoms with Gasteiger partial charge in [-0.2, -0.15) is 5.26 Å². The predicted octanol–water partition coefficient (Wildman–Crippen LogP) is 1.82. The van der Waals surface area contributed by atoms with Crippen LogP contribution < -0.4 is 5.32 Å². The Labute approximate surface area is 113 Å². The van der Waals surface area contributed by atoms with Crippen molar-refractivity contribution in [1.29, 1.82) is 5.26 Å². The van der Waals surface area contributed by atoms with Gasteiger partial charge in [0.2, 0.25) is 0 Å². The van der Waals surface area contributed by atoms with Crippen molar-refractivity contribution >= 4 is 10.9 Å². The normalized spacial score (nSPS) is 14.2. The van der Waals surface area contributed by atoms with Gasteiger partial charge in [0, 0.05) is 29.7 Å². The number of hydrogen-bond donors (Lipinski definition) is 3. The van der Waals surface area contributed by atoms with Gasteiger partial charge in [0.15, 0.2) is 0 Å². The molecule has 0 aliphatic carbocycles.